The number of aromatic nitrogens is 1. The van der Waals surface area contributed by atoms with Crippen molar-refractivity contribution >= 4 is 0 Å². The Labute approximate surface area is 117 Å². The van der Waals surface area contributed by atoms with Gasteiger partial charge in [0.2, 0.25) is 0 Å². The molecular weight excluding hydrogens is 288 g/mol. The number of rotatable bonds is 3. The van der Waals surface area contributed by atoms with Crippen LogP contribution in [0.3, 0.4) is 0 Å². The van der Waals surface area contributed by atoms with Crippen LogP contribution in [0.5, 0.6) is 5.75 Å². The lowest BCUT2D eigenvalue weighted by Gasteiger charge is -2.11. The van der Waals surface area contributed by atoms with E-state index in [2.05, 4.69) is 4.98 Å². The lowest BCUT2D eigenvalue weighted by Crippen LogP contribution is -2.08. The molecule has 21 heavy (non-hydrogen) atoms. The van der Waals surface area contributed by atoms with E-state index in [1.54, 1.807) is 12.1 Å². The first-order valence-electron chi connectivity index (χ1n) is 5.75. The van der Waals surface area contributed by atoms with E-state index in [0.29, 0.717) is 17.7 Å². The number of hydrogen-bond donors (Lipinski definition) is 0. The van der Waals surface area contributed by atoms with Crippen LogP contribution in [-0.4, -0.2) is 4.98 Å². The summed E-state index contributed by atoms with van der Waals surface area (Å²) >= 11 is 0. The lowest BCUT2D eigenvalue weighted by atomic mass is 10.2. The van der Waals surface area contributed by atoms with E-state index < -0.39 is 17.6 Å². The van der Waals surface area contributed by atoms with Gasteiger partial charge in [0, 0.05) is 11.8 Å². The summed E-state index contributed by atoms with van der Waals surface area (Å²) in [5.41, 5.74) is -0.847. The van der Waals surface area contributed by atoms with Crippen molar-refractivity contribution in [3.05, 3.63) is 59.2 Å². The van der Waals surface area contributed by atoms with Gasteiger partial charge in [-0.05, 0) is 24.3 Å². The average molecular weight is 296 g/mol. The van der Waals surface area contributed by atoms with Crippen LogP contribution < -0.4 is 4.74 Å². The molecule has 0 radical (unpaired) electrons. The summed E-state index contributed by atoms with van der Waals surface area (Å²) in [6.45, 7) is -0.139. The third-order valence-electron chi connectivity index (χ3n) is 2.63. The second-order valence-electron chi connectivity index (χ2n) is 4.05. The van der Waals surface area contributed by atoms with Crippen molar-refractivity contribution in [1.29, 1.82) is 5.26 Å². The highest BCUT2D eigenvalue weighted by Gasteiger charge is 2.34. The molecule has 1 aromatic carbocycles. The van der Waals surface area contributed by atoms with Crippen LogP contribution in [0.25, 0.3) is 0 Å². The molecule has 1 heterocycles. The number of halogens is 4. The highest BCUT2D eigenvalue weighted by Crippen LogP contribution is 2.33. The van der Waals surface area contributed by atoms with Crippen LogP contribution in [-0.2, 0) is 12.8 Å². The molecule has 0 N–H and O–H groups in total. The minimum absolute atomic E-state index is 0.121. The Hall–Kier alpha value is -2.62. The van der Waals surface area contributed by atoms with E-state index in [1.165, 1.54) is 6.20 Å². The molecule has 0 fully saturated rings. The molecule has 0 bridgehead atoms. The highest BCUT2D eigenvalue weighted by atomic mass is 19.4. The zero-order valence-corrected chi connectivity index (χ0v) is 10.5. The van der Waals surface area contributed by atoms with Crippen molar-refractivity contribution in [2.45, 2.75) is 12.8 Å². The zero-order valence-electron chi connectivity index (χ0n) is 10.5. The molecule has 0 unspecified atom stereocenters. The lowest BCUT2D eigenvalue weighted by molar-refractivity contribution is -0.140. The zero-order chi connectivity index (χ0) is 15.5. The monoisotopic (exact) mass is 296 g/mol. The second kappa shape index (κ2) is 5.79. The molecule has 108 valence electrons. The molecule has 0 aliphatic rings. The van der Waals surface area contributed by atoms with Gasteiger partial charge in [-0.25, -0.2) is 9.37 Å². The molecule has 2 aromatic rings. The van der Waals surface area contributed by atoms with Gasteiger partial charge in [-0.3, -0.25) is 0 Å². The standard InChI is InChI=1S/C14H8F4N2O/c15-12-4-3-10(6-11(12)14(16,17)18)21-8-9-2-1-5-20-13(9)7-19/h1-6H,8H2. The fourth-order valence-corrected chi connectivity index (χ4v) is 1.63. The Morgan fingerprint density at radius 2 is 2.00 bits per heavy atom. The molecule has 1 aromatic heterocycles. The highest BCUT2D eigenvalue weighted by molar-refractivity contribution is 5.33. The maximum atomic E-state index is 13.1. The summed E-state index contributed by atoms with van der Waals surface area (Å²) in [6.07, 6.45) is -3.38. The largest absolute Gasteiger partial charge is 0.489 e. The van der Waals surface area contributed by atoms with Crippen molar-refractivity contribution in [2.24, 2.45) is 0 Å². The number of alkyl halides is 3. The van der Waals surface area contributed by atoms with Crippen LogP contribution in [0, 0.1) is 17.1 Å². The molecule has 0 saturated carbocycles. The van der Waals surface area contributed by atoms with Crippen molar-refractivity contribution in [1.82, 2.24) is 4.98 Å². The number of hydrogen-bond acceptors (Lipinski definition) is 3. The van der Waals surface area contributed by atoms with Gasteiger partial charge in [0.1, 0.15) is 29.9 Å². The van der Waals surface area contributed by atoms with Gasteiger partial charge >= 0.3 is 6.18 Å². The number of nitrogens with zero attached hydrogens (tertiary/aromatic N) is 2. The Balaban J connectivity index is 2.20. The molecule has 0 atom stereocenters. The predicted octanol–water partition coefficient (Wildman–Crippen LogP) is 3.69. The molecule has 0 aliphatic heterocycles. The topological polar surface area (TPSA) is 45.9 Å². The normalized spacial score (nSPS) is 11.0. The first-order valence-corrected chi connectivity index (χ1v) is 5.75. The van der Waals surface area contributed by atoms with E-state index in [4.69, 9.17) is 10.00 Å². The van der Waals surface area contributed by atoms with Crippen LogP contribution in [0.4, 0.5) is 17.6 Å². The summed E-state index contributed by atoms with van der Waals surface area (Å²) in [7, 11) is 0. The molecule has 2 rings (SSSR count). The summed E-state index contributed by atoms with van der Waals surface area (Å²) in [5, 5.41) is 8.84. The van der Waals surface area contributed by atoms with E-state index in [9.17, 15) is 17.6 Å². The van der Waals surface area contributed by atoms with Crippen molar-refractivity contribution in [3.63, 3.8) is 0 Å². The third-order valence-corrected chi connectivity index (χ3v) is 2.63. The molecule has 0 spiro atoms. The number of ether oxygens (including phenoxy) is 1. The number of pyridine rings is 1. The Kier molecular flexibility index (Phi) is 4.08. The SMILES string of the molecule is N#Cc1ncccc1COc1ccc(F)c(C(F)(F)F)c1. The quantitative estimate of drug-likeness (QED) is 0.811. The van der Waals surface area contributed by atoms with E-state index in [0.717, 1.165) is 6.07 Å². The summed E-state index contributed by atoms with van der Waals surface area (Å²) in [6, 6.07) is 7.35. The second-order valence-corrected chi connectivity index (χ2v) is 4.05. The van der Waals surface area contributed by atoms with Gasteiger partial charge in [-0.15, -0.1) is 0 Å². The molecule has 7 heteroatoms. The fourth-order valence-electron chi connectivity index (χ4n) is 1.63. The maximum Gasteiger partial charge on any atom is 0.419 e. The van der Waals surface area contributed by atoms with Crippen LogP contribution >= 0.6 is 0 Å². The van der Waals surface area contributed by atoms with Crippen LogP contribution in [0.15, 0.2) is 36.5 Å². The molecule has 0 aliphatic carbocycles. The Morgan fingerprint density at radius 3 is 2.67 bits per heavy atom. The maximum absolute atomic E-state index is 13.1. The van der Waals surface area contributed by atoms with E-state index in [1.807, 2.05) is 6.07 Å². The minimum atomic E-state index is -4.80. The molecule has 0 saturated heterocycles. The van der Waals surface area contributed by atoms with E-state index in [-0.39, 0.29) is 18.1 Å². The van der Waals surface area contributed by atoms with Crippen molar-refractivity contribution in [3.8, 4) is 11.8 Å². The van der Waals surface area contributed by atoms with Crippen molar-refractivity contribution < 1.29 is 22.3 Å². The third kappa shape index (κ3) is 3.48. The number of nitriles is 1. The molecule has 3 nitrogen and oxygen atoms in total. The van der Waals surface area contributed by atoms with E-state index >= 15 is 0 Å². The van der Waals surface area contributed by atoms with Gasteiger partial charge in [-0.2, -0.15) is 18.4 Å². The summed E-state index contributed by atoms with van der Waals surface area (Å²) < 4.78 is 56.0. The van der Waals surface area contributed by atoms with Gasteiger partial charge in [0.15, 0.2) is 0 Å². The van der Waals surface area contributed by atoms with Crippen LogP contribution in [0.1, 0.15) is 16.8 Å². The first-order chi connectivity index (χ1) is 9.91. The van der Waals surface area contributed by atoms with Crippen LogP contribution in [0.2, 0.25) is 0 Å². The van der Waals surface area contributed by atoms with Gasteiger partial charge in [0.25, 0.3) is 0 Å². The molecule has 0 amide bonds. The Morgan fingerprint density at radius 1 is 1.24 bits per heavy atom. The van der Waals surface area contributed by atoms with Gasteiger partial charge < -0.3 is 4.74 Å². The fraction of sp³-hybridized carbons (Fsp3) is 0.143. The average Bonchev–Trinajstić information content (AvgIpc) is 2.45. The summed E-state index contributed by atoms with van der Waals surface area (Å²) in [5.74, 6) is -1.51. The predicted molar refractivity (Wildman–Crippen MR) is 64.7 cm³/mol. The summed E-state index contributed by atoms with van der Waals surface area (Å²) in [4.78, 5) is 3.80. The first kappa shape index (κ1) is 14.8. The smallest absolute Gasteiger partial charge is 0.419 e. The molecular formula is C14H8F4N2O. The minimum Gasteiger partial charge on any atom is -0.489 e. The number of benzene rings is 1. The van der Waals surface area contributed by atoms with Gasteiger partial charge in [-0.1, -0.05) is 6.07 Å². The van der Waals surface area contributed by atoms with Gasteiger partial charge in [0.05, 0.1) is 5.56 Å². The van der Waals surface area contributed by atoms with Crippen molar-refractivity contribution in [2.75, 3.05) is 0 Å². The Bertz CT molecular complexity index is 692.